The van der Waals surface area contributed by atoms with Crippen LogP contribution in [0.2, 0.25) is 0 Å². The molecule has 0 saturated carbocycles. The van der Waals surface area contributed by atoms with E-state index >= 15 is 0 Å². The number of nitriles is 1. The Balaban J connectivity index is 1.35. The van der Waals surface area contributed by atoms with Crippen molar-refractivity contribution in [1.29, 1.82) is 5.26 Å². The highest BCUT2D eigenvalue weighted by atomic mass is 14.6. The summed E-state index contributed by atoms with van der Waals surface area (Å²) in [4.78, 5) is 3.91. The second-order valence-corrected chi connectivity index (χ2v) is 15.3. The van der Waals surface area contributed by atoms with Crippen LogP contribution in [-0.4, -0.2) is 0 Å². The van der Waals surface area contributed by atoms with E-state index in [1.807, 2.05) is 24.3 Å². The van der Waals surface area contributed by atoms with Crippen LogP contribution < -0.4 is 0 Å². The van der Waals surface area contributed by atoms with Gasteiger partial charge in [-0.25, -0.2) is 4.85 Å². The standard InChI is InChI=1S/C56H30N2/c1-58-37-18-10-17-36(30-37)50-49-31-48-41-22-8-7-21-40(41)43-23-11-25-45(53(43)48)54(49)51(35-16-9-13-33(29-35)32-57)56-47-28-27-42(44-24-12-26-46(52(44)47)55(50)56)39-20-6-5-19-38(39)34-14-3-2-4-15-34/h2-31H. The van der Waals surface area contributed by atoms with Crippen molar-refractivity contribution >= 4 is 81.1 Å². The molecule has 0 radical (unpaired) electrons. The van der Waals surface area contributed by atoms with E-state index in [9.17, 15) is 5.26 Å². The maximum atomic E-state index is 10.2. The Morgan fingerprint density at radius 1 is 0.345 bits per heavy atom. The molecule has 0 aliphatic carbocycles. The van der Waals surface area contributed by atoms with Gasteiger partial charge in [0.2, 0.25) is 0 Å². The van der Waals surface area contributed by atoms with Crippen LogP contribution in [-0.2, 0) is 0 Å². The normalized spacial score (nSPS) is 11.8. The quantitative estimate of drug-likeness (QED) is 0.131. The molecule has 2 nitrogen and oxygen atoms in total. The van der Waals surface area contributed by atoms with Crippen LogP contribution in [0, 0.1) is 17.9 Å². The van der Waals surface area contributed by atoms with Crippen molar-refractivity contribution in [3.63, 3.8) is 0 Å². The fraction of sp³-hybridized carbons (Fsp3) is 0. The van der Waals surface area contributed by atoms with Crippen molar-refractivity contribution in [3.05, 3.63) is 199 Å². The Bertz CT molecular complexity index is 3750. The number of hydrogen-bond acceptors (Lipinski definition) is 1. The topological polar surface area (TPSA) is 28.1 Å². The van der Waals surface area contributed by atoms with Crippen molar-refractivity contribution in [1.82, 2.24) is 0 Å². The number of fused-ring (bicyclic) bond motifs is 8. The first-order chi connectivity index (χ1) is 28.7. The van der Waals surface area contributed by atoms with Crippen molar-refractivity contribution < 1.29 is 0 Å². The summed E-state index contributed by atoms with van der Waals surface area (Å²) in [7, 11) is 0. The fourth-order valence-electron chi connectivity index (χ4n) is 10.1. The van der Waals surface area contributed by atoms with Crippen molar-refractivity contribution in [3.8, 4) is 50.6 Å². The number of rotatable bonds is 4. The predicted octanol–water partition coefficient (Wildman–Crippen LogP) is 15.7. The smallest absolute Gasteiger partial charge is 0.187 e. The van der Waals surface area contributed by atoms with Crippen molar-refractivity contribution in [2.75, 3.05) is 0 Å². The minimum atomic E-state index is 0.608. The van der Waals surface area contributed by atoms with Crippen LogP contribution in [0.5, 0.6) is 0 Å². The summed E-state index contributed by atoms with van der Waals surface area (Å²) < 4.78 is 0. The fourth-order valence-corrected chi connectivity index (χ4v) is 10.1. The maximum Gasteiger partial charge on any atom is 0.187 e. The molecule has 12 aromatic rings. The Kier molecular flexibility index (Phi) is 6.80. The average Bonchev–Trinajstić information content (AvgIpc) is 3.80. The summed E-state index contributed by atoms with van der Waals surface area (Å²) in [6, 6.07) is 67.3. The zero-order valence-corrected chi connectivity index (χ0v) is 31.2. The monoisotopic (exact) mass is 730 g/mol. The third-order valence-electron chi connectivity index (χ3n) is 12.4. The minimum Gasteiger partial charge on any atom is -0.238 e. The molecule has 58 heavy (non-hydrogen) atoms. The SMILES string of the molecule is [C-]#[N+]c1cccc(-c2c3cc4c5ccccc5c5cccc(c3c(-c3cccc(C#N)c3)c3c6ccc(-c7ccccc7-c7ccccc7)c7cccc(c23)c76)c54)c1. The molecule has 0 bridgehead atoms. The number of nitrogens with zero attached hydrogens (tertiary/aromatic N) is 2. The molecule has 0 aromatic heterocycles. The first kappa shape index (κ1) is 32.2. The molecule has 0 saturated heterocycles. The summed E-state index contributed by atoms with van der Waals surface area (Å²) in [5, 5.41) is 27.0. The van der Waals surface area contributed by atoms with Gasteiger partial charge in [-0.15, -0.1) is 0 Å². The molecule has 2 heteroatoms. The highest BCUT2D eigenvalue weighted by Crippen LogP contribution is 2.55. The van der Waals surface area contributed by atoms with E-state index in [1.54, 1.807) is 0 Å². The van der Waals surface area contributed by atoms with E-state index in [2.05, 4.69) is 169 Å². The summed E-state index contributed by atoms with van der Waals surface area (Å²) in [5.74, 6) is 0. The number of benzene rings is 10. The van der Waals surface area contributed by atoms with E-state index in [1.165, 1.54) is 76.1 Å². The number of hydrogen-bond donors (Lipinski definition) is 0. The Morgan fingerprint density at radius 2 is 0.914 bits per heavy atom. The second-order valence-electron chi connectivity index (χ2n) is 15.3. The van der Waals surface area contributed by atoms with Gasteiger partial charge in [0.15, 0.2) is 5.69 Å². The highest BCUT2D eigenvalue weighted by molar-refractivity contribution is 6.45. The molecule has 264 valence electrons. The summed E-state index contributed by atoms with van der Waals surface area (Å²) >= 11 is 0. The van der Waals surface area contributed by atoms with Crippen LogP contribution in [0.3, 0.4) is 0 Å². The van der Waals surface area contributed by atoms with Gasteiger partial charge in [0, 0.05) is 0 Å². The zero-order chi connectivity index (χ0) is 38.5. The summed E-state index contributed by atoms with van der Waals surface area (Å²) in [6.45, 7) is 8.05. The second kappa shape index (κ2) is 12.2. The van der Waals surface area contributed by atoms with Crippen LogP contribution in [0.15, 0.2) is 182 Å². The molecule has 0 heterocycles. The largest absolute Gasteiger partial charge is 0.238 e. The van der Waals surface area contributed by atoms with Gasteiger partial charge in [-0.2, -0.15) is 5.26 Å². The molecule has 0 amide bonds. The van der Waals surface area contributed by atoms with Crippen LogP contribution >= 0.6 is 0 Å². The summed E-state index contributed by atoms with van der Waals surface area (Å²) in [5.41, 5.74) is 10.3. The van der Waals surface area contributed by atoms with E-state index in [-0.39, 0.29) is 0 Å². The van der Waals surface area contributed by atoms with Crippen molar-refractivity contribution in [2.24, 2.45) is 0 Å². The zero-order valence-electron chi connectivity index (χ0n) is 31.2. The predicted molar refractivity (Wildman–Crippen MR) is 244 cm³/mol. The van der Waals surface area contributed by atoms with Gasteiger partial charge in [-0.1, -0.05) is 158 Å². The minimum absolute atomic E-state index is 0.608. The van der Waals surface area contributed by atoms with E-state index < -0.39 is 0 Å². The van der Waals surface area contributed by atoms with Crippen LogP contribution in [0.25, 0.3) is 125 Å². The average molecular weight is 731 g/mol. The van der Waals surface area contributed by atoms with Gasteiger partial charge in [-0.3, -0.25) is 0 Å². The van der Waals surface area contributed by atoms with Gasteiger partial charge in [0.05, 0.1) is 18.2 Å². The molecule has 0 aliphatic rings. The molecule has 0 fully saturated rings. The maximum absolute atomic E-state index is 10.2. The lowest BCUT2D eigenvalue weighted by atomic mass is 9.83. The molecular formula is C56H30N2. The molecule has 12 aromatic carbocycles. The lowest BCUT2D eigenvalue weighted by molar-refractivity contribution is 1.49. The third-order valence-corrected chi connectivity index (χ3v) is 12.4. The summed E-state index contributed by atoms with van der Waals surface area (Å²) in [6.07, 6.45) is 0. The molecular weight excluding hydrogens is 701 g/mol. The molecule has 0 spiro atoms. The molecule has 0 atom stereocenters. The van der Waals surface area contributed by atoms with Crippen LogP contribution in [0.1, 0.15) is 5.56 Å². The third kappa shape index (κ3) is 4.40. The Labute approximate surface area is 334 Å². The first-order valence-electron chi connectivity index (χ1n) is 19.6. The van der Waals surface area contributed by atoms with E-state index in [0.29, 0.717) is 11.3 Å². The lowest BCUT2D eigenvalue weighted by Crippen LogP contribution is -1.92. The Hall–Kier alpha value is -8.04. The van der Waals surface area contributed by atoms with Gasteiger partial charge in [0.1, 0.15) is 0 Å². The lowest BCUT2D eigenvalue weighted by Gasteiger charge is -2.19. The van der Waals surface area contributed by atoms with Gasteiger partial charge >= 0.3 is 0 Å². The molecule has 0 N–H and O–H groups in total. The van der Waals surface area contributed by atoms with Gasteiger partial charge in [-0.05, 0) is 144 Å². The van der Waals surface area contributed by atoms with E-state index in [0.717, 1.165) is 43.8 Å². The van der Waals surface area contributed by atoms with Crippen LogP contribution in [0.4, 0.5) is 5.69 Å². The first-order valence-corrected chi connectivity index (χ1v) is 19.6. The molecule has 0 aliphatic heterocycles. The van der Waals surface area contributed by atoms with E-state index in [4.69, 9.17) is 6.57 Å². The highest BCUT2D eigenvalue weighted by Gasteiger charge is 2.27. The molecule has 0 unspecified atom stereocenters. The Morgan fingerprint density at radius 3 is 1.71 bits per heavy atom. The van der Waals surface area contributed by atoms with Gasteiger partial charge < -0.3 is 0 Å². The molecule has 12 rings (SSSR count). The van der Waals surface area contributed by atoms with Gasteiger partial charge in [0.25, 0.3) is 0 Å². The van der Waals surface area contributed by atoms with Crippen molar-refractivity contribution in [2.45, 2.75) is 0 Å².